The van der Waals surface area contributed by atoms with E-state index in [2.05, 4.69) is 30.4 Å². The molecule has 3 rings (SSSR count). The summed E-state index contributed by atoms with van der Waals surface area (Å²) < 4.78 is 11.5. The van der Waals surface area contributed by atoms with Crippen LogP contribution in [-0.4, -0.2) is 31.9 Å². The molecule has 1 N–H and O–H groups in total. The Hall–Kier alpha value is -1.06. The van der Waals surface area contributed by atoms with Gasteiger partial charge in [-0.3, -0.25) is 0 Å². The van der Waals surface area contributed by atoms with Crippen LogP contribution < -0.4 is 10.1 Å². The number of rotatable bonds is 6. The summed E-state index contributed by atoms with van der Waals surface area (Å²) in [5.41, 5.74) is 2.98. The zero-order chi connectivity index (χ0) is 13.8. The van der Waals surface area contributed by atoms with Crippen LogP contribution in [-0.2, 0) is 17.6 Å². The average molecular weight is 275 g/mol. The van der Waals surface area contributed by atoms with Crippen LogP contribution in [0.15, 0.2) is 18.2 Å². The molecule has 0 aromatic heterocycles. The SMILES string of the molecule is CC(NCCOc1ccc2c(c1)CCC2)C1CCCO1. The van der Waals surface area contributed by atoms with Crippen LogP contribution >= 0.6 is 0 Å². The summed E-state index contributed by atoms with van der Waals surface area (Å²) in [5.74, 6) is 1.01. The summed E-state index contributed by atoms with van der Waals surface area (Å²) in [5, 5.41) is 3.50. The predicted octanol–water partition coefficient (Wildman–Crippen LogP) is 2.71. The van der Waals surface area contributed by atoms with Gasteiger partial charge in [-0.15, -0.1) is 0 Å². The van der Waals surface area contributed by atoms with E-state index >= 15 is 0 Å². The van der Waals surface area contributed by atoms with Crippen molar-refractivity contribution in [2.24, 2.45) is 0 Å². The van der Waals surface area contributed by atoms with Gasteiger partial charge in [-0.05, 0) is 62.3 Å². The van der Waals surface area contributed by atoms with Gasteiger partial charge < -0.3 is 14.8 Å². The van der Waals surface area contributed by atoms with Gasteiger partial charge >= 0.3 is 0 Å². The Morgan fingerprint density at radius 1 is 1.30 bits per heavy atom. The lowest BCUT2D eigenvalue weighted by atomic mass is 10.1. The second-order valence-electron chi connectivity index (χ2n) is 5.93. The molecule has 0 saturated carbocycles. The van der Waals surface area contributed by atoms with Crippen molar-refractivity contribution >= 4 is 0 Å². The maximum Gasteiger partial charge on any atom is 0.119 e. The predicted molar refractivity (Wildman–Crippen MR) is 80.4 cm³/mol. The zero-order valence-electron chi connectivity index (χ0n) is 12.4. The fourth-order valence-corrected chi connectivity index (χ4v) is 3.22. The van der Waals surface area contributed by atoms with Gasteiger partial charge in [-0.2, -0.15) is 0 Å². The fourth-order valence-electron chi connectivity index (χ4n) is 3.22. The number of benzene rings is 1. The lowest BCUT2D eigenvalue weighted by Crippen LogP contribution is -2.39. The van der Waals surface area contributed by atoms with Crippen molar-refractivity contribution in [3.63, 3.8) is 0 Å². The topological polar surface area (TPSA) is 30.5 Å². The minimum atomic E-state index is 0.384. The highest BCUT2D eigenvalue weighted by atomic mass is 16.5. The van der Waals surface area contributed by atoms with E-state index in [0.717, 1.165) is 25.5 Å². The number of ether oxygens (including phenoxy) is 2. The first-order chi connectivity index (χ1) is 9.83. The maximum atomic E-state index is 5.84. The van der Waals surface area contributed by atoms with E-state index in [-0.39, 0.29) is 0 Å². The van der Waals surface area contributed by atoms with Gasteiger partial charge in [0.05, 0.1) is 6.10 Å². The summed E-state index contributed by atoms with van der Waals surface area (Å²) in [4.78, 5) is 0. The summed E-state index contributed by atoms with van der Waals surface area (Å²) in [6.07, 6.45) is 6.49. The molecule has 1 heterocycles. The summed E-state index contributed by atoms with van der Waals surface area (Å²) >= 11 is 0. The maximum absolute atomic E-state index is 5.84. The van der Waals surface area contributed by atoms with E-state index in [0.29, 0.717) is 12.1 Å². The molecule has 2 atom stereocenters. The third kappa shape index (κ3) is 3.33. The number of hydrogen-bond acceptors (Lipinski definition) is 3. The van der Waals surface area contributed by atoms with Crippen molar-refractivity contribution < 1.29 is 9.47 Å². The number of nitrogens with one attached hydrogen (secondary N) is 1. The second-order valence-corrected chi connectivity index (χ2v) is 5.93. The van der Waals surface area contributed by atoms with Crippen molar-refractivity contribution in [3.8, 4) is 5.75 Å². The minimum absolute atomic E-state index is 0.384. The molecular weight excluding hydrogens is 250 g/mol. The van der Waals surface area contributed by atoms with E-state index < -0.39 is 0 Å². The highest BCUT2D eigenvalue weighted by Gasteiger charge is 2.21. The first kappa shape index (κ1) is 13.9. The van der Waals surface area contributed by atoms with Crippen LogP contribution in [0.2, 0.25) is 0 Å². The number of aryl methyl sites for hydroxylation is 2. The Morgan fingerprint density at radius 3 is 3.05 bits per heavy atom. The monoisotopic (exact) mass is 275 g/mol. The molecule has 0 spiro atoms. The molecule has 1 aliphatic heterocycles. The molecule has 0 radical (unpaired) electrons. The Bertz CT molecular complexity index is 441. The number of hydrogen-bond donors (Lipinski definition) is 1. The first-order valence-corrected chi connectivity index (χ1v) is 7.92. The normalized spacial score (nSPS) is 22.8. The molecule has 3 nitrogen and oxygen atoms in total. The summed E-state index contributed by atoms with van der Waals surface area (Å²) in [7, 11) is 0. The summed E-state index contributed by atoms with van der Waals surface area (Å²) in [6, 6.07) is 6.96. The van der Waals surface area contributed by atoms with E-state index in [1.54, 1.807) is 0 Å². The highest BCUT2D eigenvalue weighted by Crippen LogP contribution is 2.25. The van der Waals surface area contributed by atoms with Crippen molar-refractivity contribution in [3.05, 3.63) is 29.3 Å². The molecule has 1 saturated heterocycles. The molecule has 3 heteroatoms. The first-order valence-electron chi connectivity index (χ1n) is 7.92. The van der Waals surface area contributed by atoms with E-state index in [1.165, 1.54) is 43.2 Å². The van der Waals surface area contributed by atoms with Crippen LogP contribution in [0.4, 0.5) is 0 Å². The Kier molecular flexibility index (Phi) is 4.58. The third-order valence-corrected chi connectivity index (χ3v) is 4.43. The van der Waals surface area contributed by atoms with Crippen molar-refractivity contribution in [2.45, 2.75) is 51.2 Å². The molecule has 2 aliphatic rings. The van der Waals surface area contributed by atoms with Crippen LogP contribution in [0.3, 0.4) is 0 Å². The smallest absolute Gasteiger partial charge is 0.119 e. The van der Waals surface area contributed by atoms with Crippen LogP contribution in [0.1, 0.15) is 37.3 Å². The molecule has 2 unspecified atom stereocenters. The Labute approximate surface area is 121 Å². The van der Waals surface area contributed by atoms with Gasteiger partial charge in [0.1, 0.15) is 12.4 Å². The standard InChI is InChI=1S/C17H25NO2/c1-13(17-6-3-10-20-17)18-9-11-19-16-8-7-14-4-2-5-15(14)12-16/h7-8,12-13,17-18H,2-6,9-11H2,1H3. The molecule has 1 aliphatic carbocycles. The second kappa shape index (κ2) is 6.59. The van der Waals surface area contributed by atoms with Gasteiger partial charge in [0, 0.05) is 19.2 Å². The van der Waals surface area contributed by atoms with Gasteiger partial charge in [0.25, 0.3) is 0 Å². The Balaban J connectivity index is 1.39. The van der Waals surface area contributed by atoms with Crippen molar-refractivity contribution in [2.75, 3.05) is 19.8 Å². The van der Waals surface area contributed by atoms with Crippen LogP contribution in [0.5, 0.6) is 5.75 Å². The van der Waals surface area contributed by atoms with Crippen LogP contribution in [0, 0.1) is 0 Å². The molecule has 110 valence electrons. The molecule has 20 heavy (non-hydrogen) atoms. The van der Waals surface area contributed by atoms with E-state index in [9.17, 15) is 0 Å². The third-order valence-electron chi connectivity index (χ3n) is 4.43. The quantitative estimate of drug-likeness (QED) is 0.810. The van der Waals surface area contributed by atoms with Gasteiger partial charge in [-0.25, -0.2) is 0 Å². The molecule has 0 amide bonds. The summed E-state index contributed by atoms with van der Waals surface area (Å²) in [6.45, 7) is 4.71. The van der Waals surface area contributed by atoms with E-state index in [4.69, 9.17) is 9.47 Å². The van der Waals surface area contributed by atoms with Gasteiger partial charge in [0.15, 0.2) is 0 Å². The van der Waals surface area contributed by atoms with Crippen molar-refractivity contribution in [1.82, 2.24) is 5.32 Å². The largest absolute Gasteiger partial charge is 0.492 e. The Morgan fingerprint density at radius 2 is 2.20 bits per heavy atom. The van der Waals surface area contributed by atoms with Crippen molar-refractivity contribution in [1.29, 1.82) is 0 Å². The number of fused-ring (bicyclic) bond motifs is 1. The minimum Gasteiger partial charge on any atom is -0.492 e. The fraction of sp³-hybridized carbons (Fsp3) is 0.647. The molecule has 0 bridgehead atoms. The van der Waals surface area contributed by atoms with E-state index in [1.807, 2.05) is 0 Å². The van der Waals surface area contributed by atoms with Crippen LogP contribution in [0.25, 0.3) is 0 Å². The zero-order valence-corrected chi connectivity index (χ0v) is 12.4. The lowest BCUT2D eigenvalue weighted by Gasteiger charge is -2.20. The molecule has 1 aromatic rings. The molecule has 1 aromatic carbocycles. The lowest BCUT2D eigenvalue weighted by molar-refractivity contribution is 0.0824. The molecular formula is C17H25NO2. The molecule has 1 fully saturated rings. The van der Waals surface area contributed by atoms with Gasteiger partial charge in [-0.1, -0.05) is 6.07 Å². The highest BCUT2D eigenvalue weighted by molar-refractivity contribution is 5.38. The van der Waals surface area contributed by atoms with Gasteiger partial charge in [0.2, 0.25) is 0 Å². The average Bonchev–Trinajstić information content (AvgIpc) is 3.13.